The fourth-order valence-electron chi connectivity index (χ4n) is 2.31. The van der Waals surface area contributed by atoms with Crippen LogP contribution in [-0.2, 0) is 4.74 Å². The molecular weight excluding hydrogens is 192 g/mol. The van der Waals surface area contributed by atoms with E-state index in [1.165, 1.54) is 19.3 Å². The van der Waals surface area contributed by atoms with E-state index >= 15 is 0 Å². The summed E-state index contributed by atoms with van der Waals surface area (Å²) in [6, 6.07) is 0. The molecule has 2 heteroatoms. The second-order valence-corrected chi connectivity index (χ2v) is 4.37. The molecule has 2 aliphatic heterocycles. The first-order valence-electron chi connectivity index (χ1n) is 3.94. The molecule has 0 aromatic carbocycles. The second-order valence-electron chi connectivity index (χ2n) is 3.81. The van der Waals surface area contributed by atoms with Gasteiger partial charge in [-0.1, -0.05) is 22.9 Å². The molecule has 1 aliphatic carbocycles. The quantitative estimate of drug-likeness (QED) is 0.628. The van der Waals surface area contributed by atoms with E-state index < -0.39 is 0 Å². The van der Waals surface area contributed by atoms with Gasteiger partial charge in [-0.2, -0.15) is 0 Å². The van der Waals surface area contributed by atoms with Crippen LogP contribution in [-0.4, -0.2) is 17.5 Å². The first-order valence-corrected chi connectivity index (χ1v) is 5.06. The molecule has 10 heavy (non-hydrogen) atoms. The maximum Gasteiger partial charge on any atom is 0.0693 e. The number of rotatable bonds is 2. The van der Waals surface area contributed by atoms with Crippen molar-refractivity contribution >= 4 is 15.9 Å². The molecule has 58 valence electrons. The number of hydrogen-bond acceptors (Lipinski definition) is 1. The van der Waals surface area contributed by atoms with Gasteiger partial charge in [-0.3, -0.25) is 0 Å². The number of ether oxygens (including phenoxy) is 1. The molecule has 2 bridgehead atoms. The first-order chi connectivity index (χ1) is 4.74. The highest BCUT2D eigenvalue weighted by molar-refractivity contribution is 9.09. The summed E-state index contributed by atoms with van der Waals surface area (Å²) in [4.78, 5) is 0. The van der Waals surface area contributed by atoms with Gasteiger partial charge in [-0.25, -0.2) is 0 Å². The summed E-state index contributed by atoms with van der Waals surface area (Å²) in [5.74, 6) is 0. The Morgan fingerprint density at radius 2 is 2.20 bits per heavy atom. The van der Waals surface area contributed by atoms with Crippen LogP contribution in [0.15, 0.2) is 0 Å². The van der Waals surface area contributed by atoms with Gasteiger partial charge in [0.2, 0.25) is 0 Å². The molecule has 0 amide bonds. The van der Waals surface area contributed by atoms with Crippen LogP contribution in [0.4, 0.5) is 0 Å². The van der Waals surface area contributed by atoms with Gasteiger partial charge in [0.1, 0.15) is 0 Å². The van der Waals surface area contributed by atoms with Gasteiger partial charge < -0.3 is 4.74 Å². The predicted molar refractivity (Wildman–Crippen MR) is 44.4 cm³/mol. The summed E-state index contributed by atoms with van der Waals surface area (Å²) in [5.41, 5.74) is 0.851. The summed E-state index contributed by atoms with van der Waals surface area (Å²) in [6.07, 6.45) is 3.78. The van der Waals surface area contributed by atoms with E-state index in [0.717, 1.165) is 11.9 Å². The van der Waals surface area contributed by atoms with E-state index in [0.29, 0.717) is 11.0 Å². The minimum atomic E-state index is 0.313. The van der Waals surface area contributed by atoms with E-state index in [1.807, 2.05) is 0 Å². The highest BCUT2D eigenvalue weighted by Gasteiger charge is 2.60. The first kappa shape index (κ1) is 7.11. The van der Waals surface area contributed by atoms with Crippen molar-refractivity contribution in [3.63, 3.8) is 0 Å². The van der Waals surface area contributed by atoms with Gasteiger partial charge in [0.05, 0.1) is 12.2 Å². The largest absolute Gasteiger partial charge is 0.374 e. The lowest BCUT2D eigenvalue weighted by Gasteiger charge is -2.43. The van der Waals surface area contributed by atoms with Crippen LogP contribution in [0, 0.1) is 5.41 Å². The number of alkyl halides is 1. The number of halogens is 1. The third-order valence-corrected chi connectivity index (χ3v) is 4.20. The van der Waals surface area contributed by atoms with Gasteiger partial charge in [0.25, 0.3) is 0 Å². The molecule has 3 fully saturated rings. The molecule has 0 N–H and O–H groups in total. The maximum atomic E-state index is 5.73. The SMILES string of the molecule is CCC12CC(CBr)(CO1)C2. The minimum absolute atomic E-state index is 0.313. The van der Waals surface area contributed by atoms with E-state index in [4.69, 9.17) is 4.74 Å². The third kappa shape index (κ3) is 0.722. The van der Waals surface area contributed by atoms with Crippen molar-refractivity contribution in [3.8, 4) is 0 Å². The van der Waals surface area contributed by atoms with Gasteiger partial charge in [-0.05, 0) is 19.3 Å². The Balaban J connectivity index is 2.06. The average molecular weight is 205 g/mol. The molecule has 0 unspecified atom stereocenters. The van der Waals surface area contributed by atoms with E-state index in [9.17, 15) is 0 Å². The summed E-state index contributed by atoms with van der Waals surface area (Å²) in [7, 11) is 0. The van der Waals surface area contributed by atoms with Crippen molar-refractivity contribution < 1.29 is 4.74 Å². The zero-order chi connectivity index (χ0) is 7.24. The van der Waals surface area contributed by atoms with Crippen LogP contribution in [0.3, 0.4) is 0 Å². The van der Waals surface area contributed by atoms with Gasteiger partial charge in [-0.15, -0.1) is 0 Å². The van der Waals surface area contributed by atoms with Crippen molar-refractivity contribution in [3.05, 3.63) is 0 Å². The highest BCUT2D eigenvalue weighted by Crippen LogP contribution is 2.59. The zero-order valence-corrected chi connectivity index (χ0v) is 7.91. The Hall–Kier alpha value is 0.440. The summed E-state index contributed by atoms with van der Waals surface area (Å²) in [5, 5.41) is 1.13. The smallest absolute Gasteiger partial charge is 0.0693 e. The lowest BCUT2D eigenvalue weighted by Crippen LogP contribution is -2.44. The second kappa shape index (κ2) is 1.98. The molecule has 1 saturated carbocycles. The Morgan fingerprint density at radius 1 is 1.50 bits per heavy atom. The zero-order valence-electron chi connectivity index (χ0n) is 6.32. The average Bonchev–Trinajstić information content (AvgIpc) is 2.40. The number of hydrogen-bond donors (Lipinski definition) is 0. The third-order valence-electron chi connectivity index (χ3n) is 3.01. The molecule has 0 aromatic heterocycles. The van der Waals surface area contributed by atoms with Crippen molar-refractivity contribution in [1.82, 2.24) is 0 Å². The van der Waals surface area contributed by atoms with E-state index in [2.05, 4.69) is 22.9 Å². The summed E-state index contributed by atoms with van der Waals surface area (Å²) in [6.45, 7) is 3.22. The molecule has 0 spiro atoms. The highest BCUT2D eigenvalue weighted by atomic mass is 79.9. The summed E-state index contributed by atoms with van der Waals surface area (Å²) < 4.78 is 5.73. The van der Waals surface area contributed by atoms with Crippen molar-refractivity contribution in [2.24, 2.45) is 5.41 Å². The molecule has 3 aliphatic rings. The van der Waals surface area contributed by atoms with Gasteiger partial charge in [0, 0.05) is 10.7 Å². The van der Waals surface area contributed by atoms with Crippen LogP contribution < -0.4 is 0 Å². The van der Waals surface area contributed by atoms with E-state index in [1.54, 1.807) is 0 Å². The topological polar surface area (TPSA) is 9.23 Å². The molecular formula is C8H13BrO. The van der Waals surface area contributed by atoms with Crippen molar-refractivity contribution in [2.45, 2.75) is 31.8 Å². The fraction of sp³-hybridized carbons (Fsp3) is 1.00. The molecule has 0 atom stereocenters. The Bertz CT molecular complexity index is 133. The Labute approximate surface area is 70.3 Å². The monoisotopic (exact) mass is 204 g/mol. The van der Waals surface area contributed by atoms with Crippen LogP contribution in [0.25, 0.3) is 0 Å². The fourth-order valence-corrected chi connectivity index (χ4v) is 2.87. The molecule has 2 saturated heterocycles. The van der Waals surface area contributed by atoms with Crippen LogP contribution in [0.2, 0.25) is 0 Å². The minimum Gasteiger partial charge on any atom is -0.374 e. The molecule has 0 radical (unpaired) electrons. The van der Waals surface area contributed by atoms with Gasteiger partial charge in [0.15, 0.2) is 0 Å². The van der Waals surface area contributed by atoms with Crippen LogP contribution in [0.1, 0.15) is 26.2 Å². The van der Waals surface area contributed by atoms with Crippen molar-refractivity contribution in [1.29, 1.82) is 0 Å². The van der Waals surface area contributed by atoms with Gasteiger partial charge >= 0.3 is 0 Å². The molecule has 2 heterocycles. The Morgan fingerprint density at radius 3 is 2.50 bits per heavy atom. The maximum absolute atomic E-state index is 5.73. The van der Waals surface area contributed by atoms with Crippen LogP contribution in [0.5, 0.6) is 0 Å². The van der Waals surface area contributed by atoms with Crippen LogP contribution >= 0.6 is 15.9 Å². The Kier molecular flexibility index (Phi) is 1.41. The van der Waals surface area contributed by atoms with Crippen molar-refractivity contribution in [2.75, 3.05) is 11.9 Å². The predicted octanol–water partition coefficient (Wildman–Crippen LogP) is 2.34. The standard InChI is InChI=1S/C8H13BrO/c1-2-8-3-7(4-8,5-9)6-10-8/h2-6H2,1H3. The number of fused-ring (bicyclic) bond motifs is 1. The molecule has 0 aromatic rings. The molecule has 3 rings (SSSR count). The molecule has 1 nitrogen and oxygen atoms in total. The lowest BCUT2D eigenvalue weighted by atomic mass is 9.63. The lowest BCUT2D eigenvalue weighted by molar-refractivity contribution is -0.0135. The van der Waals surface area contributed by atoms with E-state index in [-0.39, 0.29) is 0 Å². The normalized spacial score (nSPS) is 51.0. The summed E-state index contributed by atoms with van der Waals surface area (Å²) >= 11 is 3.54.